The highest BCUT2D eigenvalue weighted by Crippen LogP contribution is 2.41. The second-order valence-electron chi connectivity index (χ2n) is 33.1. The first-order chi connectivity index (χ1) is 61.5. The number of nitrogens with one attached hydrogen (secondary N) is 3. The summed E-state index contributed by atoms with van der Waals surface area (Å²) in [7, 11) is 0. The topological polar surface area (TPSA) is 908 Å². The molecule has 0 aromatic rings. The van der Waals surface area contributed by atoms with Gasteiger partial charge in [0.25, 0.3) is 0 Å². The molecule has 0 aromatic heterocycles. The van der Waals surface area contributed by atoms with E-state index in [0.717, 1.165) is 20.8 Å². The maximum Gasteiger partial charge on any atom is 0.217 e. The number of aliphatic hydroxyl groups excluding tert-OH is 31. The Morgan fingerprint density at radius 1 is 0.215 bits per heavy atom. The van der Waals surface area contributed by atoms with Crippen molar-refractivity contribution in [2.75, 3.05) is 66.1 Å². The van der Waals surface area contributed by atoms with Crippen LogP contribution in [0.2, 0.25) is 0 Å². The van der Waals surface area contributed by atoms with Gasteiger partial charge in [0.2, 0.25) is 17.7 Å². The van der Waals surface area contributed by atoms with Crippen LogP contribution in [0.15, 0.2) is 0 Å². The zero-order valence-electron chi connectivity index (χ0n) is 69.5. The lowest BCUT2D eigenvalue weighted by Crippen LogP contribution is -2.71. The van der Waals surface area contributed by atoms with Gasteiger partial charge in [-0.1, -0.05) is 0 Å². The highest BCUT2D eigenvalue weighted by Gasteiger charge is 2.62. The van der Waals surface area contributed by atoms with Crippen LogP contribution in [-0.4, -0.2) is 580 Å². The third-order valence-corrected chi connectivity index (χ3v) is 24.1. The van der Waals surface area contributed by atoms with Gasteiger partial charge in [-0.3, -0.25) is 14.4 Å². The van der Waals surface area contributed by atoms with E-state index in [-0.39, 0.29) is 0 Å². The normalized spacial score (nSPS) is 51.0. The highest BCUT2D eigenvalue weighted by molar-refractivity contribution is 5.74. The molecular weight excluding hydrogens is 1790 g/mol. The lowest BCUT2D eigenvalue weighted by atomic mass is 9.93. The van der Waals surface area contributed by atoms with Crippen LogP contribution >= 0.6 is 0 Å². The van der Waals surface area contributed by atoms with Crippen LogP contribution in [0.25, 0.3) is 0 Å². The van der Waals surface area contributed by atoms with Gasteiger partial charge < -0.3 is 274 Å². The maximum atomic E-state index is 13.3. The first kappa shape index (κ1) is 107. The molecule has 58 heteroatoms. The Bertz CT molecular complexity index is 3500. The van der Waals surface area contributed by atoms with Crippen LogP contribution in [0.3, 0.4) is 0 Å². The molecule has 0 aliphatic carbocycles. The van der Waals surface area contributed by atoms with Crippen LogP contribution < -0.4 is 16.0 Å². The number of carbonyl (C=O) groups is 3. The molecule has 754 valence electrons. The summed E-state index contributed by atoms with van der Waals surface area (Å²) in [5.41, 5.74) is 0. The predicted molar refractivity (Wildman–Crippen MR) is 396 cm³/mol. The molecule has 0 radical (unpaired) electrons. The van der Waals surface area contributed by atoms with Crippen LogP contribution in [0.1, 0.15) is 27.7 Å². The number of hydrogen-bond acceptors (Lipinski definition) is 55. The number of aliphatic hydroxyl groups is 31. The Hall–Kier alpha value is -3.67. The molecule has 11 heterocycles. The maximum absolute atomic E-state index is 13.3. The third-order valence-electron chi connectivity index (χ3n) is 24.1. The molecule has 11 fully saturated rings. The van der Waals surface area contributed by atoms with Gasteiger partial charge in [-0.2, -0.15) is 0 Å². The van der Waals surface area contributed by atoms with E-state index >= 15 is 0 Å². The molecule has 55 atom stereocenters. The number of carbonyl (C=O) groups excluding carboxylic acids is 3. The van der Waals surface area contributed by atoms with Gasteiger partial charge in [-0.15, -0.1) is 0 Å². The Morgan fingerprint density at radius 3 is 0.862 bits per heavy atom. The average molecular weight is 1910 g/mol. The number of hydrogen-bond donors (Lipinski definition) is 34. The zero-order chi connectivity index (χ0) is 95.5. The van der Waals surface area contributed by atoms with E-state index in [4.69, 9.17) is 99.5 Å². The smallest absolute Gasteiger partial charge is 0.217 e. The first-order valence-corrected chi connectivity index (χ1v) is 41.5. The molecule has 0 spiro atoms. The monoisotopic (exact) mass is 1910 g/mol. The molecule has 34 N–H and O–H groups in total. The van der Waals surface area contributed by atoms with E-state index in [1.54, 1.807) is 0 Å². The Morgan fingerprint density at radius 2 is 0.462 bits per heavy atom. The molecule has 0 bridgehead atoms. The SMILES string of the molecule is CC(=O)N[C@@H]1[C@@H](O)[C@H](O[C@@H]2O[C@H](CO)[C@@H](O[C@@H]3O[C@H](CO[C@H]4O[C@H](CO[C@H]5O[C@H](CO)[C@@H](O)[C@H](O)[C@@H]5O)[C@@H](O)[C@H](O[C@H]5O[C@H](CO)[C@@H](O)[C@H](O)[C@@H]5O)[C@@H]4O)[C@@H](O)[C@H](O[C@H]4O[C@H](CO)[C@@H](O)[C@H](O)[C@@H]4O[C@@H]4O[C@H](CO)[C@@H](O[C@@H]5O[C@H](CO)[C@H](O)[C@H](O[C@H]6O[C@H](CO)[C@H](O)[C@H](O)[C@H]6O)[C@H]5O)[C@H](O)[C@H]4NC(C)=O)[C@@H]3O)[C@H](O)[C@H]2NC(C)=O)[C@@H](CO[C@@H]2O[C@@H](C)[C@@H](O)[C@@H](O)[C@@H]2O)O[C@H]1O. The lowest BCUT2D eigenvalue weighted by molar-refractivity contribution is -0.400. The van der Waals surface area contributed by atoms with Crippen molar-refractivity contribution in [2.45, 2.75) is 365 Å². The summed E-state index contributed by atoms with van der Waals surface area (Å²) in [6.45, 7) is -7.02. The minimum absolute atomic E-state index is 0.860. The number of amides is 3. The number of ether oxygens (including phenoxy) is 21. The molecule has 11 aliphatic rings. The van der Waals surface area contributed by atoms with Gasteiger partial charge in [0.1, 0.15) is 262 Å². The van der Waals surface area contributed by atoms with Crippen LogP contribution in [0.5, 0.6) is 0 Å². The van der Waals surface area contributed by atoms with E-state index in [9.17, 15) is 173 Å². The van der Waals surface area contributed by atoms with Crippen molar-refractivity contribution in [1.29, 1.82) is 0 Å². The molecule has 0 saturated carbocycles. The Balaban J connectivity index is 0.916. The summed E-state index contributed by atoms with van der Waals surface area (Å²) in [6.07, 6.45) is -110. The minimum Gasteiger partial charge on any atom is -0.394 e. The van der Waals surface area contributed by atoms with Gasteiger partial charge in [-0.25, -0.2) is 0 Å². The summed E-state index contributed by atoms with van der Waals surface area (Å²) in [5.74, 6) is -2.91. The molecule has 11 aliphatic heterocycles. The van der Waals surface area contributed by atoms with Crippen molar-refractivity contribution in [1.82, 2.24) is 16.0 Å². The molecule has 11 saturated heterocycles. The van der Waals surface area contributed by atoms with Crippen molar-refractivity contribution >= 4 is 17.7 Å². The summed E-state index contributed by atoms with van der Waals surface area (Å²) in [6, 6.07) is -5.92. The van der Waals surface area contributed by atoms with Crippen molar-refractivity contribution in [3.8, 4) is 0 Å². The molecule has 58 nitrogen and oxygen atoms in total. The molecule has 3 amide bonds. The quantitative estimate of drug-likeness (QED) is 0.0290. The van der Waals surface area contributed by atoms with Gasteiger partial charge >= 0.3 is 0 Å². The van der Waals surface area contributed by atoms with Crippen molar-refractivity contribution < 1.29 is 272 Å². The summed E-state index contributed by atoms with van der Waals surface area (Å²) >= 11 is 0. The van der Waals surface area contributed by atoms with Gasteiger partial charge in [0.05, 0.1) is 72.2 Å². The Labute approximate surface area is 735 Å². The fourth-order valence-electron chi connectivity index (χ4n) is 16.8. The van der Waals surface area contributed by atoms with Gasteiger partial charge in [0.15, 0.2) is 69.2 Å². The van der Waals surface area contributed by atoms with E-state index < -0.39 is 421 Å². The van der Waals surface area contributed by atoms with E-state index in [1.807, 2.05) is 0 Å². The summed E-state index contributed by atoms with van der Waals surface area (Å²) < 4.78 is 123. The van der Waals surface area contributed by atoms with E-state index in [1.165, 1.54) is 6.92 Å². The molecule has 130 heavy (non-hydrogen) atoms. The third kappa shape index (κ3) is 23.2. The van der Waals surface area contributed by atoms with Crippen molar-refractivity contribution in [3.63, 3.8) is 0 Å². The Kier molecular flexibility index (Phi) is 38.1. The average Bonchev–Trinajstić information content (AvgIpc) is 0.762. The zero-order valence-corrected chi connectivity index (χ0v) is 69.5. The van der Waals surface area contributed by atoms with Crippen molar-refractivity contribution in [3.05, 3.63) is 0 Å². The summed E-state index contributed by atoms with van der Waals surface area (Å²) in [5, 5.41) is 353. The standard InChI is InChI=1S/C72H121N3O55/c1-15-32(86)43(97)48(102)65(113-15)112-14-28-57(40(94)29(62(109)114-28)73-16(2)83)124-63-30(74-17(3)84)41(95)56(24(10-81)120-63)126-71-54(108)60(39(93)27(123-71)13-111-67-52(106)59(128-69-51(105)46(100)35(89)21(7-78)117-69)38(92)26(122-67)12-110-66-49(103)44(98)33(87)19(5-76)115-66)129-72-61(47(101)36(90)22(8-79)119-72)130-64-31(75-18(4)85)42(96)55(25(11-82)121-64)125-70-53(107)58(37(91)23(9-80)118-70)127-68-50(104)45(99)34(88)20(6-77)116-68/h15,19-72,76-82,86-109H,5-14H2,1-4H3,(H,73,83)(H,74,84)(H,75,85)/t15-,19+,20+,21+,22+,23+,24+,25+,26+,27+,28+,29+,30+,31+,32+,33+,34-,35+,36+,37-,38+,39+,40+,41+,42+,43+,44-,45-,46-,47-,48-,49-,50+,51-,52-,53+,54-,55+,56+,57+,58-,59-,60-,61-,62+,63-,64-,65+,66-,67-,68+,69+,70-,71-,72+/m0/s1. The molecule has 11 rings (SSSR count). The second kappa shape index (κ2) is 46.4. The number of rotatable bonds is 33. The van der Waals surface area contributed by atoms with Gasteiger partial charge in [-0.05, 0) is 6.92 Å². The van der Waals surface area contributed by atoms with Crippen LogP contribution in [-0.2, 0) is 114 Å². The fraction of sp³-hybridized carbons (Fsp3) is 0.958. The predicted octanol–water partition coefficient (Wildman–Crippen LogP) is -23.5. The molecule has 0 aromatic carbocycles. The van der Waals surface area contributed by atoms with E-state index in [2.05, 4.69) is 16.0 Å². The minimum atomic E-state index is -2.67. The largest absolute Gasteiger partial charge is 0.394 e. The van der Waals surface area contributed by atoms with E-state index in [0.29, 0.717) is 0 Å². The van der Waals surface area contributed by atoms with Crippen molar-refractivity contribution in [2.24, 2.45) is 0 Å². The van der Waals surface area contributed by atoms with Gasteiger partial charge in [0, 0.05) is 20.8 Å². The fourth-order valence-corrected chi connectivity index (χ4v) is 16.8. The molecule has 0 unspecified atom stereocenters. The second-order valence-corrected chi connectivity index (χ2v) is 33.1. The van der Waals surface area contributed by atoms with Crippen LogP contribution in [0.4, 0.5) is 0 Å². The summed E-state index contributed by atoms with van der Waals surface area (Å²) in [4.78, 5) is 39.0. The highest BCUT2D eigenvalue weighted by atomic mass is 16.8. The molecular formula is C72H121N3O55. The first-order valence-electron chi connectivity index (χ1n) is 41.5. The van der Waals surface area contributed by atoms with Crippen LogP contribution in [0, 0.1) is 0 Å². The lowest BCUT2D eigenvalue weighted by Gasteiger charge is -2.51.